The summed E-state index contributed by atoms with van der Waals surface area (Å²) in [6.45, 7) is 5.63. The molecule has 6 unspecified atom stereocenters. The average Bonchev–Trinajstić information content (AvgIpc) is 3.69. The Hall–Kier alpha value is -4.98. The number of amides is 1. The van der Waals surface area contributed by atoms with Crippen molar-refractivity contribution in [2.24, 2.45) is 0 Å². The first-order valence-corrected chi connectivity index (χ1v) is 15.5. The smallest absolute Gasteiger partial charge is 0.303 e. The molecule has 1 aliphatic rings. The fourth-order valence-corrected chi connectivity index (χ4v) is 5.51. The number of nitrogens with one attached hydrogen (secondary N) is 1. The second-order valence-electron chi connectivity index (χ2n) is 10.9. The van der Waals surface area contributed by atoms with Crippen molar-refractivity contribution < 1.29 is 47.7 Å². The minimum absolute atomic E-state index is 0.103. The highest BCUT2D eigenvalue weighted by atomic mass is 35.5. The van der Waals surface area contributed by atoms with Crippen molar-refractivity contribution in [3.05, 3.63) is 58.1 Å². The van der Waals surface area contributed by atoms with Gasteiger partial charge in [0, 0.05) is 51.2 Å². The molecule has 1 N–H and O–H groups in total. The van der Waals surface area contributed by atoms with Crippen LogP contribution in [0, 0.1) is 11.3 Å². The molecule has 1 aliphatic heterocycles. The van der Waals surface area contributed by atoms with Crippen molar-refractivity contribution in [3.8, 4) is 17.2 Å². The summed E-state index contributed by atoms with van der Waals surface area (Å²) in [4.78, 5) is 61.0. The molecule has 0 aliphatic carbocycles. The average molecular weight is 720 g/mol. The molecule has 260 valence electrons. The lowest BCUT2D eigenvalue weighted by molar-refractivity contribution is -0.270. The minimum atomic E-state index is -1.40. The Labute approximate surface area is 290 Å². The monoisotopic (exact) mass is 718 g/mol. The Morgan fingerprint density at radius 1 is 0.939 bits per heavy atom. The molecule has 0 radical (unpaired) electrons. The first-order chi connectivity index (χ1) is 23.2. The Morgan fingerprint density at radius 3 is 2.22 bits per heavy atom. The third-order valence-electron chi connectivity index (χ3n) is 7.26. The van der Waals surface area contributed by atoms with Crippen molar-refractivity contribution in [2.75, 3.05) is 6.61 Å². The molecule has 49 heavy (non-hydrogen) atoms. The van der Waals surface area contributed by atoms with Crippen LogP contribution in [-0.2, 0) is 54.2 Å². The maximum Gasteiger partial charge on any atom is 0.303 e. The predicted molar refractivity (Wildman–Crippen MR) is 168 cm³/mol. The van der Waals surface area contributed by atoms with E-state index in [0.29, 0.717) is 16.1 Å². The molecular formula is C31H32Cl2N6O10. The summed E-state index contributed by atoms with van der Waals surface area (Å²) in [5.41, 5.74) is 1.58. The summed E-state index contributed by atoms with van der Waals surface area (Å²) < 4.78 is 30.2. The highest BCUT2D eigenvalue weighted by Gasteiger charge is 2.53. The maximum absolute atomic E-state index is 13.2. The molecule has 1 fully saturated rings. The van der Waals surface area contributed by atoms with Crippen molar-refractivity contribution >= 4 is 53.0 Å². The number of nitriles is 1. The van der Waals surface area contributed by atoms with E-state index >= 15 is 0 Å². The number of hydrogen-bond acceptors (Lipinski definition) is 13. The topological polar surface area (TPSA) is 203 Å². The number of halogens is 2. The van der Waals surface area contributed by atoms with Crippen LogP contribution in [0.3, 0.4) is 0 Å². The molecule has 18 heteroatoms. The predicted octanol–water partition coefficient (Wildman–Crippen LogP) is 3.06. The van der Waals surface area contributed by atoms with Crippen LogP contribution in [-0.4, -0.2) is 80.4 Å². The molecule has 1 amide bonds. The Morgan fingerprint density at radius 2 is 1.59 bits per heavy atom. The van der Waals surface area contributed by atoms with Crippen LogP contribution < -0.4 is 5.32 Å². The van der Waals surface area contributed by atoms with Crippen LogP contribution in [0.25, 0.3) is 11.1 Å². The van der Waals surface area contributed by atoms with Gasteiger partial charge in [0.05, 0.1) is 28.4 Å². The zero-order chi connectivity index (χ0) is 36.0. The first-order valence-electron chi connectivity index (χ1n) is 14.7. The van der Waals surface area contributed by atoms with E-state index < -0.39 is 73.1 Å². The molecule has 2 aromatic heterocycles. The van der Waals surface area contributed by atoms with Gasteiger partial charge in [-0.1, -0.05) is 40.5 Å². The third kappa shape index (κ3) is 8.93. The number of carbonyl (C=O) groups excluding carboxylic acids is 5. The lowest BCUT2D eigenvalue weighted by Gasteiger charge is -2.44. The molecular weight excluding hydrogens is 687 g/mol. The fraction of sp³-hybridized carbons (Fsp3) is 0.419. The zero-order valence-electron chi connectivity index (χ0n) is 26.9. The van der Waals surface area contributed by atoms with Crippen LogP contribution >= 0.6 is 23.2 Å². The van der Waals surface area contributed by atoms with Gasteiger partial charge in [0.15, 0.2) is 24.5 Å². The summed E-state index contributed by atoms with van der Waals surface area (Å²) in [6, 6.07) is 6.38. The van der Waals surface area contributed by atoms with Crippen LogP contribution in [0.1, 0.15) is 58.1 Å². The van der Waals surface area contributed by atoms with E-state index in [4.69, 9.17) is 46.9 Å². The standard InChI is InChI=1S/C31H32Cl2N6O10/c1-15(38-11-20(9-34)23(13-38)22-7-6-8-24(32)26(22)33)30(44)35-10-21-12-39(37-36-21)31-29(48-19(5)43)28(47-18(4)42)27(46-17(3)41)25(49-31)14-45-16(2)40/h6-8,11-13,15,25,27-29,31H,10,14H2,1-5H3,(H,35,44). The Bertz CT molecular complexity index is 1790. The van der Waals surface area contributed by atoms with Crippen molar-refractivity contribution in [1.82, 2.24) is 24.9 Å². The number of aromatic nitrogens is 4. The largest absolute Gasteiger partial charge is 0.463 e. The molecule has 16 nitrogen and oxygen atoms in total. The van der Waals surface area contributed by atoms with E-state index in [1.807, 2.05) is 0 Å². The number of carbonyl (C=O) groups is 5. The quantitative estimate of drug-likeness (QED) is 0.224. The fourth-order valence-electron chi connectivity index (χ4n) is 5.11. The lowest BCUT2D eigenvalue weighted by Crippen LogP contribution is -2.60. The molecule has 6 atom stereocenters. The van der Waals surface area contributed by atoms with Gasteiger partial charge in [-0.2, -0.15) is 5.26 Å². The molecule has 0 saturated carbocycles. The maximum atomic E-state index is 13.2. The van der Waals surface area contributed by atoms with Gasteiger partial charge in [-0.05, 0) is 13.0 Å². The van der Waals surface area contributed by atoms with E-state index in [-0.39, 0.29) is 22.8 Å². The van der Waals surface area contributed by atoms with Crippen LogP contribution in [0.2, 0.25) is 10.0 Å². The highest BCUT2D eigenvalue weighted by Crippen LogP contribution is 2.37. The van der Waals surface area contributed by atoms with Crippen molar-refractivity contribution in [1.29, 1.82) is 5.26 Å². The lowest BCUT2D eigenvalue weighted by atomic mass is 9.97. The number of hydrogen-bond donors (Lipinski definition) is 1. The van der Waals surface area contributed by atoms with Crippen LogP contribution in [0.4, 0.5) is 0 Å². The molecule has 0 spiro atoms. The number of esters is 4. The number of nitrogens with zero attached hydrogens (tertiary/aromatic N) is 5. The second-order valence-corrected chi connectivity index (χ2v) is 11.7. The zero-order valence-corrected chi connectivity index (χ0v) is 28.4. The second kappa shape index (κ2) is 15.9. The van der Waals surface area contributed by atoms with Gasteiger partial charge in [-0.3, -0.25) is 24.0 Å². The summed E-state index contributed by atoms with van der Waals surface area (Å²) in [7, 11) is 0. The molecule has 0 bridgehead atoms. The minimum Gasteiger partial charge on any atom is -0.463 e. The summed E-state index contributed by atoms with van der Waals surface area (Å²) in [5.74, 6) is -3.41. The number of benzene rings is 1. The van der Waals surface area contributed by atoms with E-state index in [1.54, 1.807) is 35.9 Å². The van der Waals surface area contributed by atoms with Crippen LogP contribution in [0.5, 0.6) is 0 Å². The van der Waals surface area contributed by atoms with Gasteiger partial charge < -0.3 is 33.6 Å². The van der Waals surface area contributed by atoms with E-state index in [9.17, 15) is 29.2 Å². The normalized spacial score (nSPS) is 20.7. The molecule has 3 heterocycles. The SMILES string of the molecule is CC(=O)OCC1OC(n2cc(CNC(=O)C(C)n3cc(C#N)c(-c4cccc(Cl)c4Cl)c3)nn2)C(OC(C)=O)C(OC(C)=O)C1OC(C)=O. The Kier molecular flexibility index (Phi) is 12.0. The molecule has 3 aromatic rings. The number of ether oxygens (including phenoxy) is 5. The molecule has 1 aromatic carbocycles. The molecule has 4 rings (SSSR count). The summed E-state index contributed by atoms with van der Waals surface area (Å²) in [5, 5.41) is 21.2. The van der Waals surface area contributed by atoms with E-state index in [0.717, 1.165) is 27.7 Å². The molecule has 1 saturated heterocycles. The van der Waals surface area contributed by atoms with Gasteiger partial charge >= 0.3 is 23.9 Å². The van der Waals surface area contributed by atoms with Gasteiger partial charge in [0.1, 0.15) is 30.5 Å². The highest BCUT2D eigenvalue weighted by molar-refractivity contribution is 6.43. The van der Waals surface area contributed by atoms with Gasteiger partial charge in [0.2, 0.25) is 5.91 Å². The van der Waals surface area contributed by atoms with Gasteiger partial charge in [-0.25, -0.2) is 4.68 Å². The third-order valence-corrected chi connectivity index (χ3v) is 8.08. The van der Waals surface area contributed by atoms with E-state index in [1.165, 1.54) is 17.1 Å². The van der Waals surface area contributed by atoms with Gasteiger partial charge in [-0.15, -0.1) is 5.10 Å². The number of rotatable bonds is 11. The van der Waals surface area contributed by atoms with Crippen molar-refractivity contribution in [3.63, 3.8) is 0 Å². The van der Waals surface area contributed by atoms with E-state index in [2.05, 4.69) is 21.7 Å². The van der Waals surface area contributed by atoms with Gasteiger partial charge in [0.25, 0.3) is 0 Å². The first kappa shape index (κ1) is 36.8. The summed E-state index contributed by atoms with van der Waals surface area (Å²) >= 11 is 12.5. The van der Waals surface area contributed by atoms with Crippen molar-refractivity contribution in [2.45, 2.75) is 77.8 Å². The van der Waals surface area contributed by atoms with Crippen LogP contribution in [0.15, 0.2) is 36.8 Å². The summed E-state index contributed by atoms with van der Waals surface area (Å²) in [6.07, 6.45) is -2.08. The Balaban J connectivity index is 1.55.